The molecule has 1 aromatic heterocycles. The molecule has 0 amide bonds. The Morgan fingerprint density at radius 3 is 2.87 bits per heavy atom. The molecule has 1 aromatic rings. The molecule has 1 heterocycles. The highest BCUT2D eigenvalue weighted by Crippen LogP contribution is 2.26. The lowest BCUT2D eigenvalue weighted by Crippen LogP contribution is -2.11. The second-order valence-electron chi connectivity index (χ2n) is 3.16. The van der Waals surface area contributed by atoms with Crippen LogP contribution in [0.15, 0.2) is 42.0 Å². The first kappa shape index (κ1) is 11.9. The van der Waals surface area contributed by atoms with Gasteiger partial charge in [-0.25, -0.2) is 4.98 Å². The lowest BCUT2D eigenvalue weighted by molar-refractivity contribution is 0.874. The van der Waals surface area contributed by atoms with Gasteiger partial charge in [0.2, 0.25) is 0 Å². The van der Waals surface area contributed by atoms with Gasteiger partial charge in [-0.2, -0.15) is 0 Å². The molecule has 15 heavy (non-hydrogen) atoms. The summed E-state index contributed by atoms with van der Waals surface area (Å²) < 4.78 is 0. The van der Waals surface area contributed by atoms with Crippen LogP contribution in [0.3, 0.4) is 0 Å². The summed E-state index contributed by atoms with van der Waals surface area (Å²) >= 11 is 1.60. The van der Waals surface area contributed by atoms with E-state index in [1.807, 2.05) is 37.6 Å². The third-order valence-electron chi connectivity index (χ3n) is 2.18. The van der Waals surface area contributed by atoms with Crippen molar-refractivity contribution in [2.24, 2.45) is 5.73 Å². The number of aryl methyl sites for hydroxylation is 1. The van der Waals surface area contributed by atoms with Crippen LogP contribution in [0.5, 0.6) is 0 Å². The van der Waals surface area contributed by atoms with E-state index in [4.69, 9.17) is 5.73 Å². The molecule has 0 aliphatic carbocycles. The zero-order valence-electron chi connectivity index (χ0n) is 9.10. The number of nitrogens with two attached hydrogens (primary N) is 1. The van der Waals surface area contributed by atoms with Crippen LogP contribution < -0.4 is 5.73 Å². The van der Waals surface area contributed by atoms with Crippen molar-refractivity contribution in [3.8, 4) is 0 Å². The minimum absolute atomic E-state index is 0.0845. The molecular formula is C12H16N2S. The fourth-order valence-corrected chi connectivity index (χ4v) is 2.15. The molecular weight excluding hydrogens is 204 g/mol. The molecule has 1 atom stereocenters. The number of rotatable bonds is 4. The highest BCUT2D eigenvalue weighted by atomic mass is 32.1. The Morgan fingerprint density at radius 1 is 1.67 bits per heavy atom. The molecule has 2 nitrogen and oxygen atoms in total. The standard InChI is InChI=1S/C12H16N2S/c1-4-6-7-10(5-2)11(13)12-9(3)14-8-15-12/h4-8,11H,1,13H2,2-3H3/b7-6-,10-5+. The monoisotopic (exact) mass is 220 g/mol. The first-order valence-corrected chi connectivity index (χ1v) is 5.69. The van der Waals surface area contributed by atoms with Crippen LogP contribution in [0.1, 0.15) is 23.5 Å². The Morgan fingerprint density at radius 2 is 2.40 bits per heavy atom. The van der Waals surface area contributed by atoms with Gasteiger partial charge in [0.05, 0.1) is 17.2 Å². The maximum absolute atomic E-state index is 6.15. The van der Waals surface area contributed by atoms with Crippen molar-refractivity contribution in [2.45, 2.75) is 19.9 Å². The van der Waals surface area contributed by atoms with Crippen molar-refractivity contribution in [1.29, 1.82) is 0 Å². The van der Waals surface area contributed by atoms with Gasteiger partial charge < -0.3 is 5.73 Å². The predicted molar refractivity (Wildman–Crippen MR) is 66.9 cm³/mol. The van der Waals surface area contributed by atoms with Crippen molar-refractivity contribution in [3.05, 3.63) is 52.5 Å². The zero-order valence-corrected chi connectivity index (χ0v) is 9.92. The number of nitrogens with zero attached hydrogens (tertiary/aromatic N) is 1. The van der Waals surface area contributed by atoms with E-state index in [0.717, 1.165) is 16.1 Å². The van der Waals surface area contributed by atoms with E-state index < -0.39 is 0 Å². The third kappa shape index (κ3) is 2.88. The highest BCUT2D eigenvalue weighted by molar-refractivity contribution is 7.09. The third-order valence-corrected chi connectivity index (χ3v) is 3.20. The lowest BCUT2D eigenvalue weighted by Gasteiger charge is -2.11. The summed E-state index contributed by atoms with van der Waals surface area (Å²) in [6, 6.07) is -0.0845. The quantitative estimate of drug-likeness (QED) is 0.792. The summed E-state index contributed by atoms with van der Waals surface area (Å²) in [5.74, 6) is 0. The first-order chi connectivity index (χ1) is 7.20. The summed E-state index contributed by atoms with van der Waals surface area (Å²) in [5.41, 5.74) is 10.1. The first-order valence-electron chi connectivity index (χ1n) is 4.81. The Balaban J connectivity index is 2.92. The van der Waals surface area contributed by atoms with Crippen LogP contribution in [0.2, 0.25) is 0 Å². The molecule has 0 aliphatic rings. The number of hydrogen-bond donors (Lipinski definition) is 1. The second kappa shape index (κ2) is 5.63. The van der Waals surface area contributed by atoms with Gasteiger partial charge in [0.15, 0.2) is 0 Å². The minimum Gasteiger partial charge on any atom is -0.320 e. The van der Waals surface area contributed by atoms with Crippen molar-refractivity contribution < 1.29 is 0 Å². The van der Waals surface area contributed by atoms with Crippen LogP contribution in [0.4, 0.5) is 0 Å². The van der Waals surface area contributed by atoms with E-state index in [-0.39, 0.29) is 6.04 Å². The number of thiazole rings is 1. The van der Waals surface area contributed by atoms with Crippen LogP contribution >= 0.6 is 11.3 Å². The van der Waals surface area contributed by atoms with Crippen molar-refractivity contribution in [3.63, 3.8) is 0 Å². The molecule has 0 spiro atoms. The Bertz CT molecular complexity index is 388. The largest absolute Gasteiger partial charge is 0.320 e. The molecule has 0 aromatic carbocycles. The fraction of sp³-hybridized carbons (Fsp3) is 0.250. The normalized spacial score (nSPS) is 14.5. The topological polar surface area (TPSA) is 38.9 Å². The van der Waals surface area contributed by atoms with Gasteiger partial charge >= 0.3 is 0 Å². The molecule has 0 bridgehead atoms. The Kier molecular flexibility index (Phi) is 4.46. The van der Waals surface area contributed by atoms with Gasteiger partial charge in [-0.1, -0.05) is 30.9 Å². The van der Waals surface area contributed by atoms with E-state index in [1.54, 1.807) is 17.4 Å². The van der Waals surface area contributed by atoms with Gasteiger partial charge in [0.1, 0.15) is 0 Å². The molecule has 0 radical (unpaired) electrons. The molecule has 2 N–H and O–H groups in total. The number of allylic oxidation sites excluding steroid dienone is 3. The van der Waals surface area contributed by atoms with E-state index in [0.29, 0.717) is 0 Å². The number of hydrogen-bond acceptors (Lipinski definition) is 3. The average molecular weight is 220 g/mol. The summed E-state index contributed by atoms with van der Waals surface area (Å²) in [7, 11) is 0. The fourth-order valence-electron chi connectivity index (χ4n) is 1.32. The van der Waals surface area contributed by atoms with Crippen LogP contribution in [-0.2, 0) is 0 Å². The van der Waals surface area contributed by atoms with Crippen molar-refractivity contribution in [2.75, 3.05) is 0 Å². The Labute approximate surface area is 94.8 Å². The molecule has 3 heteroatoms. The van der Waals surface area contributed by atoms with Crippen LogP contribution in [0, 0.1) is 6.92 Å². The maximum Gasteiger partial charge on any atom is 0.0798 e. The summed E-state index contributed by atoms with van der Waals surface area (Å²) in [4.78, 5) is 5.32. The molecule has 0 saturated carbocycles. The molecule has 80 valence electrons. The maximum atomic E-state index is 6.15. The van der Waals surface area contributed by atoms with E-state index in [9.17, 15) is 0 Å². The van der Waals surface area contributed by atoms with Gasteiger partial charge in [0, 0.05) is 4.88 Å². The molecule has 0 fully saturated rings. The van der Waals surface area contributed by atoms with Crippen molar-refractivity contribution >= 4 is 11.3 Å². The summed E-state index contributed by atoms with van der Waals surface area (Å²) in [5, 5.41) is 0. The average Bonchev–Trinajstić information content (AvgIpc) is 2.65. The van der Waals surface area contributed by atoms with Gasteiger partial charge in [0.25, 0.3) is 0 Å². The summed E-state index contributed by atoms with van der Waals surface area (Å²) in [6.45, 7) is 7.61. The second-order valence-corrected chi connectivity index (χ2v) is 4.05. The van der Waals surface area contributed by atoms with E-state index >= 15 is 0 Å². The zero-order chi connectivity index (χ0) is 11.3. The van der Waals surface area contributed by atoms with E-state index in [1.165, 1.54) is 0 Å². The van der Waals surface area contributed by atoms with Crippen molar-refractivity contribution in [1.82, 2.24) is 4.98 Å². The smallest absolute Gasteiger partial charge is 0.0798 e. The molecule has 0 saturated heterocycles. The molecule has 1 unspecified atom stereocenters. The van der Waals surface area contributed by atoms with Crippen LogP contribution in [0.25, 0.3) is 0 Å². The minimum atomic E-state index is -0.0845. The summed E-state index contributed by atoms with van der Waals surface area (Å²) in [6.07, 6.45) is 7.64. The van der Waals surface area contributed by atoms with E-state index in [2.05, 4.69) is 11.6 Å². The van der Waals surface area contributed by atoms with Gasteiger partial charge in [-0.05, 0) is 19.4 Å². The van der Waals surface area contributed by atoms with Gasteiger partial charge in [-0.15, -0.1) is 11.3 Å². The van der Waals surface area contributed by atoms with Crippen LogP contribution in [-0.4, -0.2) is 4.98 Å². The molecule has 0 aliphatic heterocycles. The lowest BCUT2D eigenvalue weighted by atomic mass is 10.0. The highest BCUT2D eigenvalue weighted by Gasteiger charge is 2.13. The van der Waals surface area contributed by atoms with Gasteiger partial charge in [-0.3, -0.25) is 0 Å². The predicted octanol–water partition coefficient (Wildman–Crippen LogP) is 3.14. The number of aromatic nitrogens is 1. The SMILES string of the molecule is C=C/C=C\C(=C/C)C(N)c1scnc1C. The molecule has 1 rings (SSSR count). The Hall–Kier alpha value is -1.19.